The molecule has 1 amide bonds. The van der Waals surface area contributed by atoms with Gasteiger partial charge in [-0.15, -0.1) is 0 Å². The quantitative estimate of drug-likeness (QED) is 0.143. The number of anilines is 1. The minimum atomic E-state index is -4.49. The number of hydrogen-bond donors (Lipinski definition) is 1. The number of hydrogen-bond acceptors (Lipinski definition) is 4. The first-order valence-electron chi connectivity index (χ1n) is 15.1. The normalized spacial score (nSPS) is 14.9. The highest BCUT2D eigenvalue weighted by molar-refractivity contribution is 6.03. The third-order valence-corrected chi connectivity index (χ3v) is 8.21. The van der Waals surface area contributed by atoms with Gasteiger partial charge in [0.15, 0.2) is 5.78 Å². The van der Waals surface area contributed by atoms with Crippen LogP contribution < -0.4 is 10.2 Å². The van der Waals surface area contributed by atoms with Gasteiger partial charge in [-0.05, 0) is 46.5 Å². The van der Waals surface area contributed by atoms with Crippen molar-refractivity contribution in [2.75, 3.05) is 44.2 Å². The molecule has 47 heavy (non-hydrogen) atoms. The summed E-state index contributed by atoms with van der Waals surface area (Å²) < 4.78 is 77.3. The fourth-order valence-electron chi connectivity index (χ4n) is 5.70. The summed E-state index contributed by atoms with van der Waals surface area (Å²) in [5, 5.41) is 2.03. The molecule has 11 heteroatoms. The molecule has 1 fully saturated rings. The van der Waals surface area contributed by atoms with E-state index in [1.807, 2.05) is 29.6 Å². The van der Waals surface area contributed by atoms with Crippen LogP contribution in [0.2, 0.25) is 0 Å². The lowest BCUT2D eigenvalue weighted by Gasteiger charge is -2.37. The SMILES string of the molecule is O=C(Cc1ccc(N2CCN(CC(C(=O)NCC(F)(F)F)c3ccccc3)CC2)cc1)c1ccccc1-c1ccc(C(F)(F)F)cc1. The maximum Gasteiger partial charge on any atom is 0.416 e. The molecular weight excluding hydrogens is 620 g/mol. The summed E-state index contributed by atoms with van der Waals surface area (Å²) >= 11 is 0. The number of Topliss-reactive ketones (excluding diaryl/α,β-unsaturated/α-hetero) is 1. The Balaban J connectivity index is 1.18. The highest BCUT2D eigenvalue weighted by atomic mass is 19.4. The molecular formula is C36H33F6N3O2. The van der Waals surface area contributed by atoms with Gasteiger partial charge in [0.05, 0.1) is 11.5 Å². The summed E-state index contributed by atoms with van der Waals surface area (Å²) in [5.41, 5.74) is 3.15. The molecule has 0 radical (unpaired) electrons. The molecule has 0 spiro atoms. The molecule has 5 nitrogen and oxygen atoms in total. The lowest BCUT2D eigenvalue weighted by Crippen LogP contribution is -2.49. The fraction of sp³-hybridized carbons (Fsp3) is 0.278. The van der Waals surface area contributed by atoms with Crippen molar-refractivity contribution in [3.05, 3.63) is 125 Å². The van der Waals surface area contributed by atoms with Crippen LogP contribution >= 0.6 is 0 Å². The van der Waals surface area contributed by atoms with E-state index in [-0.39, 0.29) is 18.7 Å². The van der Waals surface area contributed by atoms with E-state index < -0.39 is 36.3 Å². The maximum atomic E-state index is 13.3. The third kappa shape index (κ3) is 9.00. The van der Waals surface area contributed by atoms with Gasteiger partial charge in [0.1, 0.15) is 6.54 Å². The molecule has 1 N–H and O–H groups in total. The van der Waals surface area contributed by atoms with E-state index in [0.29, 0.717) is 48.4 Å². The van der Waals surface area contributed by atoms with Crippen LogP contribution in [0.25, 0.3) is 11.1 Å². The van der Waals surface area contributed by atoms with Crippen LogP contribution in [-0.4, -0.2) is 62.0 Å². The smallest absolute Gasteiger partial charge is 0.369 e. The number of alkyl halides is 6. The van der Waals surface area contributed by atoms with Crippen molar-refractivity contribution < 1.29 is 35.9 Å². The Morgan fingerprint density at radius 1 is 0.723 bits per heavy atom. The summed E-state index contributed by atoms with van der Waals surface area (Å²) in [5.74, 6) is -1.57. The molecule has 1 aliphatic rings. The van der Waals surface area contributed by atoms with Crippen LogP contribution in [0.4, 0.5) is 32.0 Å². The Morgan fingerprint density at radius 3 is 1.96 bits per heavy atom. The zero-order valence-corrected chi connectivity index (χ0v) is 25.3. The van der Waals surface area contributed by atoms with Crippen LogP contribution in [-0.2, 0) is 17.4 Å². The van der Waals surface area contributed by atoms with Crippen molar-refractivity contribution in [2.24, 2.45) is 0 Å². The molecule has 0 aromatic heterocycles. The molecule has 0 saturated carbocycles. The first-order chi connectivity index (χ1) is 22.4. The highest BCUT2D eigenvalue weighted by Crippen LogP contribution is 2.32. The number of ketones is 1. The van der Waals surface area contributed by atoms with Crippen LogP contribution in [0.1, 0.15) is 33.0 Å². The number of halogens is 6. The Morgan fingerprint density at radius 2 is 1.34 bits per heavy atom. The van der Waals surface area contributed by atoms with Crippen molar-refractivity contribution in [2.45, 2.75) is 24.7 Å². The van der Waals surface area contributed by atoms with Gasteiger partial charge in [-0.2, -0.15) is 26.3 Å². The minimum Gasteiger partial charge on any atom is -0.369 e. The van der Waals surface area contributed by atoms with Crippen molar-refractivity contribution in [3.63, 3.8) is 0 Å². The minimum absolute atomic E-state index is 0.114. The number of carbonyl (C=O) groups is 2. The number of nitrogens with zero attached hydrogens (tertiary/aromatic N) is 2. The van der Waals surface area contributed by atoms with Crippen LogP contribution in [0.15, 0.2) is 103 Å². The van der Waals surface area contributed by atoms with Crippen LogP contribution in [0.3, 0.4) is 0 Å². The maximum absolute atomic E-state index is 13.3. The molecule has 1 saturated heterocycles. The molecule has 0 bridgehead atoms. The van der Waals surface area contributed by atoms with Gasteiger partial charge in [-0.3, -0.25) is 14.5 Å². The predicted molar refractivity (Wildman–Crippen MR) is 168 cm³/mol. The van der Waals surface area contributed by atoms with E-state index in [1.54, 1.807) is 54.6 Å². The Hall–Kier alpha value is -4.64. The number of benzene rings is 4. The third-order valence-electron chi connectivity index (χ3n) is 8.21. The zero-order chi connectivity index (χ0) is 33.6. The Bertz CT molecular complexity index is 1650. The molecule has 4 aromatic rings. The summed E-state index contributed by atoms with van der Waals surface area (Å²) in [4.78, 5) is 30.3. The lowest BCUT2D eigenvalue weighted by atomic mass is 9.93. The van der Waals surface area contributed by atoms with E-state index in [2.05, 4.69) is 9.80 Å². The number of carbonyl (C=O) groups excluding carboxylic acids is 2. The zero-order valence-electron chi connectivity index (χ0n) is 25.3. The highest BCUT2D eigenvalue weighted by Gasteiger charge is 2.32. The summed E-state index contributed by atoms with van der Waals surface area (Å²) in [6.45, 7) is 1.41. The van der Waals surface area contributed by atoms with E-state index in [0.717, 1.165) is 23.4 Å². The van der Waals surface area contributed by atoms with Gasteiger partial charge >= 0.3 is 12.4 Å². The van der Waals surface area contributed by atoms with Crippen LogP contribution in [0, 0.1) is 0 Å². The number of piperazine rings is 1. The van der Waals surface area contributed by atoms with Crippen LogP contribution in [0.5, 0.6) is 0 Å². The Labute approximate surface area is 268 Å². The number of rotatable bonds is 10. The van der Waals surface area contributed by atoms with Gasteiger partial charge in [0.2, 0.25) is 5.91 Å². The van der Waals surface area contributed by atoms with Crippen molar-refractivity contribution in [1.82, 2.24) is 10.2 Å². The molecule has 1 heterocycles. The average Bonchev–Trinajstić information content (AvgIpc) is 3.06. The van der Waals surface area contributed by atoms with Gasteiger partial charge < -0.3 is 10.2 Å². The van der Waals surface area contributed by atoms with Gasteiger partial charge in [-0.1, -0.05) is 78.9 Å². The fourth-order valence-corrected chi connectivity index (χ4v) is 5.70. The molecule has 0 aliphatic carbocycles. The van der Waals surface area contributed by atoms with E-state index in [4.69, 9.17) is 0 Å². The van der Waals surface area contributed by atoms with Crippen molar-refractivity contribution >= 4 is 17.4 Å². The second kappa shape index (κ2) is 14.4. The van der Waals surface area contributed by atoms with Gasteiger partial charge in [-0.25, -0.2) is 0 Å². The number of nitrogens with one attached hydrogen (secondary N) is 1. The summed E-state index contributed by atoms with van der Waals surface area (Å²) in [6, 6.07) is 28.0. The first kappa shape index (κ1) is 33.7. The second-order valence-electron chi connectivity index (χ2n) is 11.5. The number of amides is 1. The van der Waals surface area contributed by atoms with E-state index >= 15 is 0 Å². The second-order valence-corrected chi connectivity index (χ2v) is 11.5. The van der Waals surface area contributed by atoms with Gasteiger partial charge in [0, 0.05) is 50.4 Å². The summed E-state index contributed by atoms with van der Waals surface area (Å²) in [7, 11) is 0. The monoisotopic (exact) mass is 653 g/mol. The molecule has 5 rings (SSSR count). The van der Waals surface area contributed by atoms with Crippen molar-refractivity contribution in [1.29, 1.82) is 0 Å². The van der Waals surface area contributed by atoms with Crippen molar-refractivity contribution in [3.8, 4) is 11.1 Å². The predicted octanol–water partition coefficient (Wildman–Crippen LogP) is 7.38. The average molecular weight is 654 g/mol. The Kier molecular flexibility index (Phi) is 10.3. The topological polar surface area (TPSA) is 52.7 Å². The van der Waals surface area contributed by atoms with E-state index in [9.17, 15) is 35.9 Å². The molecule has 1 unspecified atom stereocenters. The lowest BCUT2D eigenvalue weighted by molar-refractivity contribution is -0.139. The molecule has 246 valence electrons. The first-order valence-corrected chi connectivity index (χ1v) is 15.1. The molecule has 1 atom stereocenters. The van der Waals surface area contributed by atoms with Gasteiger partial charge in [0.25, 0.3) is 0 Å². The summed E-state index contributed by atoms with van der Waals surface area (Å²) in [6.07, 6.45) is -8.83. The molecule has 4 aromatic carbocycles. The standard InChI is InChI=1S/C36H33F6N3O2/c37-35(38,39)24-43-34(47)32(26-6-2-1-3-7-26)23-44-18-20-45(21-19-44)29-16-10-25(11-17-29)22-33(46)31-9-5-4-8-30(31)27-12-14-28(15-13-27)36(40,41)42/h1-17,32H,18-24H2,(H,43,47). The molecule has 1 aliphatic heterocycles. The largest absolute Gasteiger partial charge is 0.416 e. The van der Waals surface area contributed by atoms with E-state index in [1.165, 1.54) is 12.1 Å².